The highest BCUT2D eigenvalue weighted by Crippen LogP contribution is 2.17. The molecule has 3 rings (SSSR count). The van der Waals surface area contributed by atoms with Crippen LogP contribution in [-0.4, -0.2) is 34.2 Å². The zero-order valence-electron chi connectivity index (χ0n) is 16.6. The lowest BCUT2D eigenvalue weighted by molar-refractivity contribution is 0.178. The number of ether oxygens (including phenoxy) is 1. The van der Waals surface area contributed by atoms with Crippen molar-refractivity contribution in [3.8, 4) is 5.69 Å². The number of hydrogen-bond acceptors (Lipinski definition) is 4. The highest BCUT2D eigenvalue weighted by Gasteiger charge is 2.18. The Labute approximate surface area is 172 Å². The van der Waals surface area contributed by atoms with Crippen LogP contribution >= 0.6 is 11.6 Å². The number of nitrogens with zero attached hydrogens (tertiary/aromatic N) is 3. The number of hydrogen-bond donors (Lipinski definition) is 1. The van der Waals surface area contributed by atoms with Gasteiger partial charge in [0, 0.05) is 43.9 Å². The molecule has 8 heteroatoms. The highest BCUT2D eigenvalue weighted by molar-refractivity contribution is 6.30. The summed E-state index contributed by atoms with van der Waals surface area (Å²) in [5, 5.41) is 3.95. The van der Waals surface area contributed by atoms with Gasteiger partial charge >= 0.3 is 0 Å². The van der Waals surface area contributed by atoms with E-state index in [0.29, 0.717) is 40.3 Å². The van der Waals surface area contributed by atoms with Crippen molar-refractivity contribution < 1.29 is 4.74 Å². The molecule has 0 bridgehead atoms. The second kappa shape index (κ2) is 9.07. The number of aromatic amines is 1. The number of halogens is 1. The van der Waals surface area contributed by atoms with Gasteiger partial charge in [-0.1, -0.05) is 23.7 Å². The maximum atomic E-state index is 13.2. The van der Waals surface area contributed by atoms with E-state index < -0.39 is 0 Å². The van der Waals surface area contributed by atoms with Crippen molar-refractivity contribution in [1.29, 1.82) is 0 Å². The van der Waals surface area contributed by atoms with Gasteiger partial charge in [0.2, 0.25) is 0 Å². The molecule has 29 heavy (non-hydrogen) atoms. The van der Waals surface area contributed by atoms with E-state index >= 15 is 0 Å². The number of aromatic nitrogens is 3. The van der Waals surface area contributed by atoms with E-state index in [-0.39, 0.29) is 17.7 Å². The third kappa shape index (κ3) is 4.26. The molecule has 0 unspecified atom stereocenters. The van der Waals surface area contributed by atoms with Crippen molar-refractivity contribution >= 4 is 28.2 Å². The molecule has 0 aliphatic heterocycles. The van der Waals surface area contributed by atoms with E-state index in [1.54, 1.807) is 35.9 Å². The molecule has 0 atom stereocenters. The zero-order valence-corrected chi connectivity index (χ0v) is 17.4. The van der Waals surface area contributed by atoms with E-state index in [9.17, 15) is 9.59 Å². The van der Waals surface area contributed by atoms with Crippen molar-refractivity contribution in [1.82, 2.24) is 14.3 Å². The fourth-order valence-electron chi connectivity index (χ4n) is 3.32. The first kappa shape index (κ1) is 20.8. The van der Waals surface area contributed by atoms with E-state index in [1.165, 1.54) is 17.9 Å². The van der Waals surface area contributed by atoms with Crippen LogP contribution in [0.5, 0.6) is 0 Å². The van der Waals surface area contributed by atoms with Gasteiger partial charge in [0.05, 0.1) is 28.9 Å². The molecule has 2 heterocycles. The quantitative estimate of drug-likeness (QED) is 0.602. The lowest BCUT2D eigenvalue weighted by Crippen LogP contribution is -2.26. The molecule has 0 radical (unpaired) electrons. The van der Waals surface area contributed by atoms with Crippen molar-refractivity contribution in [3.05, 3.63) is 73.9 Å². The number of pyridine rings is 1. The molecule has 0 aliphatic rings. The fourth-order valence-corrected chi connectivity index (χ4v) is 3.51. The van der Waals surface area contributed by atoms with Gasteiger partial charge in [0.15, 0.2) is 0 Å². The van der Waals surface area contributed by atoms with E-state index in [0.717, 1.165) is 5.71 Å². The molecule has 0 saturated heterocycles. The number of H-pyrrole nitrogens is 1. The summed E-state index contributed by atoms with van der Waals surface area (Å²) in [4.78, 5) is 30.2. The van der Waals surface area contributed by atoms with Gasteiger partial charge in [-0.3, -0.25) is 19.7 Å². The average Bonchev–Trinajstić information content (AvgIpc) is 3.02. The topological polar surface area (TPSA) is 81.4 Å². The monoisotopic (exact) mass is 414 g/mol. The van der Waals surface area contributed by atoms with Gasteiger partial charge in [0.25, 0.3) is 11.1 Å². The van der Waals surface area contributed by atoms with Gasteiger partial charge in [-0.15, -0.1) is 0 Å². The Morgan fingerprint density at radius 3 is 2.76 bits per heavy atom. The van der Waals surface area contributed by atoms with E-state index in [2.05, 4.69) is 10.1 Å². The van der Waals surface area contributed by atoms with Crippen LogP contribution in [0, 0.1) is 0 Å². The van der Waals surface area contributed by atoms with Crippen LogP contribution in [-0.2, 0) is 17.9 Å². The number of aliphatic imine (C=N–C) groups is 1. The van der Waals surface area contributed by atoms with Gasteiger partial charge in [-0.2, -0.15) is 0 Å². The van der Waals surface area contributed by atoms with Crippen molar-refractivity contribution in [2.45, 2.75) is 26.5 Å². The maximum absolute atomic E-state index is 13.2. The molecule has 0 saturated carbocycles. The first-order valence-electron chi connectivity index (χ1n) is 9.20. The third-order valence-electron chi connectivity index (χ3n) is 4.65. The highest BCUT2D eigenvalue weighted by atomic mass is 35.5. The number of allylic oxidation sites excluding steroid dienone is 2. The largest absolute Gasteiger partial charge is 0.378 e. The molecule has 1 N–H and O–H groups in total. The lowest BCUT2D eigenvalue weighted by Gasteiger charge is -2.13. The van der Waals surface area contributed by atoms with Crippen LogP contribution in [0.3, 0.4) is 0 Å². The van der Waals surface area contributed by atoms with Crippen LogP contribution in [0.4, 0.5) is 0 Å². The lowest BCUT2D eigenvalue weighted by atomic mass is 10.2. The Hall–Kier alpha value is -2.90. The summed E-state index contributed by atoms with van der Waals surface area (Å²) >= 11 is 6.07. The summed E-state index contributed by atoms with van der Waals surface area (Å²) in [6.45, 7) is 2.45. The molecule has 7 nitrogen and oxygen atoms in total. The van der Waals surface area contributed by atoms with Crippen molar-refractivity contribution in [2.24, 2.45) is 4.99 Å². The molecule has 152 valence electrons. The molecular formula is C21H23ClN4O3. The maximum Gasteiger partial charge on any atom is 0.280 e. The smallest absolute Gasteiger partial charge is 0.280 e. The summed E-state index contributed by atoms with van der Waals surface area (Å²) in [6.07, 6.45) is 4.37. The molecule has 0 fully saturated rings. The number of fused-ring (bicyclic) bond motifs is 1. The Morgan fingerprint density at radius 1 is 1.31 bits per heavy atom. The van der Waals surface area contributed by atoms with Crippen LogP contribution in [0.1, 0.15) is 19.0 Å². The molecule has 0 aliphatic carbocycles. The van der Waals surface area contributed by atoms with Crippen LogP contribution < -0.4 is 11.1 Å². The zero-order chi connectivity index (χ0) is 21.0. The van der Waals surface area contributed by atoms with E-state index in [4.69, 9.17) is 16.3 Å². The molecular weight excluding hydrogens is 392 g/mol. The molecule has 1 aromatic carbocycles. The van der Waals surface area contributed by atoms with Crippen LogP contribution in [0.2, 0.25) is 5.02 Å². The number of rotatable bonds is 7. The summed E-state index contributed by atoms with van der Waals surface area (Å²) in [5.41, 5.74) is 1.98. The Morgan fingerprint density at radius 2 is 2.10 bits per heavy atom. The van der Waals surface area contributed by atoms with Gasteiger partial charge in [0.1, 0.15) is 0 Å². The number of nitrogens with one attached hydrogen (secondary N) is 1. The van der Waals surface area contributed by atoms with Crippen molar-refractivity contribution in [3.63, 3.8) is 0 Å². The average molecular weight is 415 g/mol. The number of benzene rings is 1. The second-order valence-electron chi connectivity index (χ2n) is 6.50. The van der Waals surface area contributed by atoms with Gasteiger partial charge < -0.3 is 9.30 Å². The predicted molar refractivity (Wildman–Crippen MR) is 117 cm³/mol. The van der Waals surface area contributed by atoms with Crippen LogP contribution in [0.25, 0.3) is 16.6 Å². The SMILES string of the molecule is C/C=C\C(CCn1c(COC)c2c(=O)n(-c3cccc(Cl)c3)[nH]c2cc1=O)=NC. The summed E-state index contributed by atoms with van der Waals surface area (Å²) in [6, 6.07) is 8.39. The molecule has 2 aromatic heterocycles. The summed E-state index contributed by atoms with van der Waals surface area (Å²) in [7, 11) is 3.25. The standard InChI is InChI=1S/C21H23ClN4O3/c1-4-6-15(23-2)9-10-25-18(13-29-3)20-17(12-19(25)27)24-26(21(20)28)16-8-5-7-14(22)11-16/h4-8,11-12,24H,9-10,13H2,1-3H3/b6-4-,23-15?. The Balaban J connectivity index is 2.17. The minimum Gasteiger partial charge on any atom is -0.378 e. The molecule has 0 spiro atoms. The minimum absolute atomic E-state index is 0.136. The second-order valence-corrected chi connectivity index (χ2v) is 6.94. The predicted octanol–water partition coefficient (Wildman–Crippen LogP) is 3.32. The summed E-state index contributed by atoms with van der Waals surface area (Å²) in [5.74, 6) is 0. The van der Waals surface area contributed by atoms with Gasteiger partial charge in [-0.05, 0) is 31.2 Å². The first-order chi connectivity index (χ1) is 14.0. The first-order valence-corrected chi connectivity index (χ1v) is 9.58. The van der Waals surface area contributed by atoms with Crippen LogP contribution in [0.15, 0.2) is 57.1 Å². The number of methoxy groups -OCH3 is 1. The minimum atomic E-state index is -0.263. The third-order valence-corrected chi connectivity index (χ3v) is 4.89. The summed E-state index contributed by atoms with van der Waals surface area (Å²) < 4.78 is 8.28. The van der Waals surface area contributed by atoms with E-state index in [1.807, 2.05) is 19.1 Å². The Kier molecular flexibility index (Phi) is 6.51. The molecule has 0 amide bonds. The molecule has 3 aromatic rings. The normalized spacial score (nSPS) is 12.3. The van der Waals surface area contributed by atoms with Crippen molar-refractivity contribution in [2.75, 3.05) is 14.2 Å². The van der Waals surface area contributed by atoms with Gasteiger partial charge in [-0.25, -0.2) is 4.68 Å². The fraction of sp³-hybridized carbons (Fsp3) is 0.286. The Bertz CT molecular complexity index is 1200.